The number of halogens is 1. The van der Waals surface area contributed by atoms with E-state index in [4.69, 9.17) is 0 Å². The SMILES string of the molecule is CN1C=Cc2ncc(Br)n2C1. The molecule has 2 rings (SSSR count). The average molecular weight is 214 g/mol. The van der Waals surface area contributed by atoms with Gasteiger partial charge in [-0.25, -0.2) is 4.98 Å². The Hall–Kier alpha value is -0.770. The van der Waals surface area contributed by atoms with Crippen LogP contribution in [-0.4, -0.2) is 21.5 Å². The van der Waals surface area contributed by atoms with E-state index in [1.807, 2.05) is 25.5 Å². The van der Waals surface area contributed by atoms with Crippen molar-refractivity contribution in [3.05, 3.63) is 22.8 Å². The van der Waals surface area contributed by atoms with Crippen LogP contribution in [-0.2, 0) is 6.67 Å². The Morgan fingerprint density at radius 2 is 2.45 bits per heavy atom. The van der Waals surface area contributed by atoms with Crippen molar-refractivity contribution in [2.75, 3.05) is 7.05 Å². The summed E-state index contributed by atoms with van der Waals surface area (Å²) in [4.78, 5) is 6.29. The molecule has 0 unspecified atom stereocenters. The predicted octanol–water partition coefficient (Wildman–Crippen LogP) is 1.52. The molecule has 11 heavy (non-hydrogen) atoms. The Kier molecular flexibility index (Phi) is 1.49. The molecule has 0 saturated carbocycles. The predicted molar refractivity (Wildman–Crippen MR) is 46.7 cm³/mol. The highest BCUT2D eigenvalue weighted by Crippen LogP contribution is 2.17. The molecule has 0 amide bonds. The zero-order valence-corrected chi connectivity index (χ0v) is 7.74. The summed E-state index contributed by atoms with van der Waals surface area (Å²) in [6, 6.07) is 0. The third kappa shape index (κ3) is 1.07. The summed E-state index contributed by atoms with van der Waals surface area (Å²) in [7, 11) is 2.03. The summed E-state index contributed by atoms with van der Waals surface area (Å²) in [5, 5.41) is 0. The van der Waals surface area contributed by atoms with Gasteiger partial charge in [0.2, 0.25) is 0 Å². The number of rotatable bonds is 0. The van der Waals surface area contributed by atoms with E-state index < -0.39 is 0 Å². The van der Waals surface area contributed by atoms with Gasteiger partial charge in [0, 0.05) is 13.2 Å². The van der Waals surface area contributed by atoms with Crippen LogP contribution in [0.1, 0.15) is 5.82 Å². The molecule has 0 radical (unpaired) electrons. The molecule has 58 valence electrons. The van der Waals surface area contributed by atoms with Crippen LogP contribution in [0.4, 0.5) is 0 Å². The molecule has 1 aromatic rings. The van der Waals surface area contributed by atoms with Gasteiger partial charge in [0.25, 0.3) is 0 Å². The lowest BCUT2D eigenvalue weighted by molar-refractivity contribution is 0.352. The van der Waals surface area contributed by atoms with Crippen molar-refractivity contribution in [1.82, 2.24) is 14.5 Å². The quantitative estimate of drug-likeness (QED) is 0.652. The first-order chi connectivity index (χ1) is 5.27. The van der Waals surface area contributed by atoms with Crippen LogP contribution >= 0.6 is 15.9 Å². The highest BCUT2D eigenvalue weighted by molar-refractivity contribution is 9.10. The molecular weight excluding hydrogens is 206 g/mol. The van der Waals surface area contributed by atoms with Gasteiger partial charge in [-0.05, 0) is 22.0 Å². The molecule has 0 fully saturated rings. The Labute approximate surface area is 73.5 Å². The minimum atomic E-state index is 0.867. The molecule has 0 N–H and O–H groups in total. The summed E-state index contributed by atoms with van der Waals surface area (Å²) in [6.45, 7) is 0.867. The molecule has 1 aromatic heterocycles. The van der Waals surface area contributed by atoms with E-state index in [-0.39, 0.29) is 0 Å². The van der Waals surface area contributed by atoms with Gasteiger partial charge in [0.1, 0.15) is 10.4 Å². The molecule has 0 aromatic carbocycles. The first kappa shape index (κ1) is 6.91. The highest BCUT2D eigenvalue weighted by atomic mass is 79.9. The second kappa shape index (κ2) is 2.37. The van der Waals surface area contributed by atoms with Crippen LogP contribution < -0.4 is 0 Å². The number of nitrogens with zero attached hydrogens (tertiary/aromatic N) is 3. The van der Waals surface area contributed by atoms with Crippen molar-refractivity contribution in [3.63, 3.8) is 0 Å². The summed E-state index contributed by atoms with van der Waals surface area (Å²) in [6.07, 6.45) is 5.84. The molecule has 1 aliphatic rings. The lowest BCUT2D eigenvalue weighted by atomic mass is 10.5. The fourth-order valence-corrected chi connectivity index (χ4v) is 1.50. The van der Waals surface area contributed by atoms with Crippen LogP contribution in [0.2, 0.25) is 0 Å². The molecule has 0 atom stereocenters. The Balaban J connectivity index is 2.48. The maximum absolute atomic E-state index is 4.19. The molecule has 3 nitrogen and oxygen atoms in total. The van der Waals surface area contributed by atoms with E-state index in [0.717, 1.165) is 17.1 Å². The number of hydrogen-bond acceptors (Lipinski definition) is 2. The average Bonchev–Trinajstić information content (AvgIpc) is 2.33. The number of fused-ring (bicyclic) bond motifs is 1. The van der Waals surface area contributed by atoms with Crippen molar-refractivity contribution in [2.45, 2.75) is 6.67 Å². The highest BCUT2D eigenvalue weighted by Gasteiger charge is 2.09. The summed E-state index contributed by atoms with van der Waals surface area (Å²) in [5.74, 6) is 1.01. The Morgan fingerprint density at radius 1 is 1.64 bits per heavy atom. The van der Waals surface area contributed by atoms with Crippen molar-refractivity contribution >= 4 is 22.0 Å². The topological polar surface area (TPSA) is 21.1 Å². The smallest absolute Gasteiger partial charge is 0.136 e. The maximum atomic E-state index is 4.19. The van der Waals surface area contributed by atoms with E-state index in [0.29, 0.717) is 0 Å². The zero-order valence-electron chi connectivity index (χ0n) is 6.16. The van der Waals surface area contributed by atoms with Crippen LogP contribution in [0.5, 0.6) is 0 Å². The van der Waals surface area contributed by atoms with Gasteiger partial charge >= 0.3 is 0 Å². The number of aromatic nitrogens is 2. The van der Waals surface area contributed by atoms with Crippen LogP contribution in [0.25, 0.3) is 6.08 Å². The molecule has 2 heterocycles. The number of hydrogen-bond donors (Lipinski definition) is 0. The standard InChI is InChI=1S/C7H8BrN3/c1-10-3-2-7-9-4-6(8)11(7)5-10/h2-4H,5H2,1H3. The molecule has 1 aliphatic heterocycles. The van der Waals surface area contributed by atoms with Crippen molar-refractivity contribution in [2.24, 2.45) is 0 Å². The minimum absolute atomic E-state index is 0.867. The van der Waals surface area contributed by atoms with Gasteiger partial charge in [-0.3, -0.25) is 0 Å². The van der Waals surface area contributed by atoms with E-state index >= 15 is 0 Å². The summed E-state index contributed by atoms with van der Waals surface area (Å²) >= 11 is 3.42. The van der Waals surface area contributed by atoms with Crippen molar-refractivity contribution < 1.29 is 0 Å². The monoisotopic (exact) mass is 213 g/mol. The van der Waals surface area contributed by atoms with Crippen LogP contribution in [0.3, 0.4) is 0 Å². The fourth-order valence-electron chi connectivity index (χ4n) is 1.11. The van der Waals surface area contributed by atoms with Gasteiger partial charge in [0.15, 0.2) is 0 Å². The normalized spacial score (nSPS) is 15.3. The third-order valence-electron chi connectivity index (χ3n) is 1.68. The van der Waals surface area contributed by atoms with E-state index in [2.05, 4.69) is 30.4 Å². The number of imidazole rings is 1. The van der Waals surface area contributed by atoms with Gasteiger partial charge in [-0.2, -0.15) is 0 Å². The summed E-state index contributed by atoms with van der Waals surface area (Å²) in [5.41, 5.74) is 0. The van der Waals surface area contributed by atoms with Gasteiger partial charge in [-0.15, -0.1) is 0 Å². The minimum Gasteiger partial charge on any atom is -0.362 e. The van der Waals surface area contributed by atoms with Gasteiger partial charge in [-0.1, -0.05) is 0 Å². The molecule has 0 spiro atoms. The third-order valence-corrected chi connectivity index (χ3v) is 2.31. The first-order valence-corrected chi connectivity index (χ1v) is 4.16. The van der Waals surface area contributed by atoms with E-state index in [1.54, 1.807) is 0 Å². The van der Waals surface area contributed by atoms with Gasteiger partial charge in [0.05, 0.1) is 12.9 Å². The first-order valence-electron chi connectivity index (χ1n) is 3.37. The lowest BCUT2D eigenvalue weighted by Gasteiger charge is -2.20. The Bertz CT molecular complexity index is 303. The molecule has 0 bridgehead atoms. The van der Waals surface area contributed by atoms with Crippen LogP contribution in [0.15, 0.2) is 17.0 Å². The fraction of sp³-hybridized carbons (Fsp3) is 0.286. The molecule has 4 heteroatoms. The molecule has 0 saturated heterocycles. The van der Waals surface area contributed by atoms with E-state index in [1.165, 1.54) is 0 Å². The molecular formula is C7H8BrN3. The Morgan fingerprint density at radius 3 is 3.27 bits per heavy atom. The lowest BCUT2D eigenvalue weighted by Crippen LogP contribution is -2.20. The van der Waals surface area contributed by atoms with Crippen molar-refractivity contribution in [1.29, 1.82) is 0 Å². The summed E-state index contributed by atoms with van der Waals surface area (Å²) < 4.78 is 3.13. The maximum Gasteiger partial charge on any atom is 0.136 e. The largest absolute Gasteiger partial charge is 0.362 e. The van der Waals surface area contributed by atoms with Crippen LogP contribution in [0, 0.1) is 0 Å². The second-order valence-corrected chi connectivity index (χ2v) is 3.39. The van der Waals surface area contributed by atoms with E-state index in [9.17, 15) is 0 Å². The van der Waals surface area contributed by atoms with Gasteiger partial charge < -0.3 is 9.47 Å². The zero-order chi connectivity index (χ0) is 7.84. The van der Waals surface area contributed by atoms with Crippen molar-refractivity contribution in [3.8, 4) is 0 Å². The molecule has 0 aliphatic carbocycles. The second-order valence-electron chi connectivity index (χ2n) is 2.58.